The van der Waals surface area contributed by atoms with Crippen molar-refractivity contribution in [1.82, 2.24) is 6.15 Å². The van der Waals surface area contributed by atoms with Gasteiger partial charge in [0.2, 0.25) is 0 Å². The van der Waals surface area contributed by atoms with E-state index in [0.29, 0.717) is 5.39 Å². The third-order valence-electron chi connectivity index (χ3n) is 2.03. The molecule has 0 heterocycles. The molecule has 6 heteroatoms. The SMILES string of the molecule is N.O=S(=O)(O)c1cccc2ccccc12.[NaH]. The fourth-order valence-electron chi connectivity index (χ4n) is 1.42. The molecule has 0 radical (unpaired) electrons. The summed E-state index contributed by atoms with van der Waals surface area (Å²) in [5, 5.41) is 1.33. The molecule has 2 rings (SSSR count). The van der Waals surface area contributed by atoms with Gasteiger partial charge in [-0.3, -0.25) is 4.55 Å². The van der Waals surface area contributed by atoms with Crippen LogP contribution in [0.1, 0.15) is 0 Å². The molecule has 0 aliphatic rings. The Morgan fingerprint density at radius 3 is 2.12 bits per heavy atom. The fourth-order valence-corrected chi connectivity index (χ4v) is 2.13. The Labute approximate surface area is 116 Å². The van der Waals surface area contributed by atoms with Crippen LogP contribution in [0.15, 0.2) is 47.4 Å². The summed E-state index contributed by atoms with van der Waals surface area (Å²) in [4.78, 5) is -0.0457. The molecular weight excluding hydrogens is 237 g/mol. The molecule has 2 aromatic rings. The molecule has 0 aromatic heterocycles. The van der Waals surface area contributed by atoms with Gasteiger partial charge in [-0.15, -0.1) is 0 Å². The van der Waals surface area contributed by atoms with E-state index in [4.69, 9.17) is 4.55 Å². The van der Waals surface area contributed by atoms with E-state index in [0.717, 1.165) is 5.39 Å². The van der Waals surface area contributed by atoms with Crippen molar-refractivity contribution in [3.8, 4) is 0 Å². The molecule has 0 saturated carbocycles. The first-order valence-electron chi connectivity index (χ1n) is 4.04. The minimum absolute atomic E-state index is 0. The van der Waals surface area contributed by atoms with Crippen LogP contribution in [-0.4, -0.2) is 42.5 Å². The summed E-state index contributed by atoms with van der Waals surface area (Å²) in [5.74, 6) is 0. The van der Waals surface area contributed by atoms with Crippen molar-refractivity contribution in [2.45, 2.75) is 4.90 Å². The Morgan fingerprint density at radius 1 is 0.938 bits per heavy atom. The van der Waals surface area contributed by atoms with Crippen molar-refractivity contribution in [2.24, 2.45) is 0 Å². The average molecular weight is 249 g/mol. The molecule has 0 spiro atoms. The zero-order chi connectivity index (χ0) is 10.2. The molecule has 0 fully saturated rings. The van der Waals surface area contributed by atoms with E-state index in [9.17, 15) is 8.42 Å². The van der Waals surface area contributed by atoms with Gasteiger partial charge in [0.1, 0.15) is 4.90 Å². The standard InChI is InChI=1S/C10H8O3S.H3N.Na.H/c11-14(12,13)10-7-3-5-8-4-1-2-6-9(8)10;;;/h1-7H,(H,11,12,13);1H3;;. The third-order valence-corrected chi connectivity index (χ3v) is 2.94. The van der Waals surface area contributed by atoms with E-state index in [2.05, 4.69) is 0 Å². The van der Waals surface area contributed by atoms with E-state index >= 15 is 0 Å². The van der Waals surface area contributed by atoms with Crippen LogP contribution in [0.5, 0.6) is 0 Å². The second-order valence-corrected chi connectivity index (χ2v) is 4.34. The molecule has 0 bridgehead atoms. The van der Waals surface area contributed by atoms with E-state index in [-0.39, 0.29) is 40.6 Å². The summed E-state index contributed by atoms with van der Waals surface area (Å²) in [6.07, 6.45) is 0. The van der Waals surface area contributed by atoms with Crippen LogP contribution in [-0.2, 0) is 10.1 Å². The maximum absolute atomic E-state index is 11.0. The Hall–Kier alpha value is -0.430. The molecule has 0 aliphatic carbocycles. The summed E-state index contributed by atoms with van der Waals surface area (Å²) < 4.78 is 31.0. The number of benzene rings is 2. The predicted octanol–water partition coefficient (Wildman–Crippen LogP) is 1.60. The van der Waals surface area contributed by atoms with Crippen LogP contribution >= 0.6 is 0 Å². The molecule has 0 amide bonds. The third kappa shape index (κ3) is 3.04. The summed E-state index contributed by atoms with van der Waals surface area (Å²) >= 11 is 0. The van der Waals surface area contributed by atoms with Crippen LogP contribution in [0.3, 0.4) is 0 Å². The Kier molecular flexibility index (Phi) is 5.61. The Morgan fingerprint density at radius 2 is 1.50 bits per heavy atom. The van der Waals surface area contributed by atoms with Crippen LogP contribution in [0, 0.1) is 0 Å². The molecule has 0 saturated heterocycles. The van der Waals surface area contributed by atoms with Gasteiger partial charge < -0.3 is 6.15 Å². The van der Waals surface area contributed by atoms with Crippen LogP contribution in [0.25, 0.3) is 10.8 Å². The topological polar surface area (TPSA) is 89.4 Å². The van der Waals surface area contributed by atoms with E-state index in [1.807, 2.05) is 6.07 Å². The minimum atomic E-state index is -4.13. The van der Waals surface area contributed by atoms with Crippen molar-refractivity contribution >= 4 is 50.4 Å². The number of hydrogen-bond acceptors (Lipinski definition) is 3. The first-order valence-corrected chi connectivity index (χ1v) is 5.48. The van der Waals surface area contributed by atoms with Gasteiger partial charge in [0, 0.05) is 5.39 Å². The summed E-state index contributed by atoms with van der Waals surface area (Å²) in [7, 11) is -4.13. The fraction of sp³-hybridized carbons (Fsp3) is 0. The zero-order valence-corrected chi connectivity index (χ0v) is 8.74. The summed E-state index contributed by atoms with van der Waals surface area (Å²) in [6, 6.07) is 11.8. The van der Waals surface area contributed by atoms with Gasteiger partial charge in [-0.05, 0) is 11.5 Å². The van der Waals surface area contributed by atoms with Gasteiger partial charge in [0.15, 0.2) is 0 Å². The number of fused-ring (bicyclic) bond motifs is 1. The van der Waals surface area contributed by atoms with Gasteiger partial charge in [0.05, 0.1) is 0 Å². The molecule has 16 heavy (non-hydrogen) atoms. The van der Waals surface area contributed by atoms with E-state index in [1.54, 1.807) is 30.3 Å². The molecule has 0 atom stereocenters. The molecule has 82 valence electrons. The van der Waals surface area contributed by atoms with Crippen LogP contribution < -0.4 is 6.15 Å². The number of hydrogen-bond donors (Lipinski definition) is 2. The van der Waals surface area contributed by atoms with Crippen LogP contribution in [0.2, 0.25) is 0 Å². The summed E-state index contributed by atoms with van der Waals surface area (Å²) in [6.45, 7) is 0. The van der Waals surface area contributed by atoms with Crippen molar-refractivity contribution in [3.05, 3.63) is 42.5 Å². The molecular formula is C10H12NNaO3S. The van der Waals surface area contributed by atoms with Gasteiger partial charge in [-0.2, -0.15) is 8.42 Å². The summed E-state index contributed by atoms with van der Waals surface area (Å²) in [5.41, 5.74) is 0. The normalized spacial score (nSPS) is 10.3. The van der Waals surface area contributed by atoms with Gasteiger partial charge >= 0.3 is 29.6 Å². The van der Waals surface area contributed by atoms with Crippen molar-refractivity contribution in [2.75, 3.05) is 0 Å². The monoisotopic (exact) mass is 249 g/mol. The Bertz CT molecular complexity index is 578. The molecule has 0 aliphatic heterocycles. The molecule has 2 aromatic carbocycles. The van der Waals surface area contributed by atoms with Crippen molar-refractivity contribution in [1.29, 1.82) is 0 Å². The second-order valence-electron chi connectivity index (χ2n) is 2.95. The van der Waals surface area contributed by atoms with E-state index in [1.165, 1.54) is 6.07 Å². The second kappa shape index (κ2) is 5.77. The number of rotatable bonds is 1. The van der Waals surface area contributed by atoms with Gasteiger partial charge in [-0.1, -0.05) is 36.4 Å². The van der Waals surface area contributed by atoms with E-state index < -0.39 is 10.1 Å². The molecule has 0 unspecified atom stereocenters. The molecule has 4 nitrogen and oxygen atoms in total. The van der Waals surface area contributed by atoms with Crippen molar-refractivity contribution in [3.63, 3.8) is 0 Å². The molecule has 4 N–H and O–H groups in total. The van der Waals surface area contributed by atoms with Crippen LogP contribution in [0.4, 0.5) is 0 Å². The quantitative estimate of drug-likeness (QED) is 0.593. The Balaban J connectivity index is 0.00000112. The predicted molar refractivity (Wildman–Crippen MR) is 65.9 cm³/mol. The average Bonchev–Trinajstić information content (AvgIpc) is 2.15. The van der Waals surface area contributed by atoms with Crippen molar-refractivity contribution < 1.29 is 13.0 Å². The zero-order valence-electron chi connectivity index (χ0n) is 7.92. The first-order chi connectivity index (χ1) is 6.59. The van der Waals surface area contributed by atoms with Gasteiger partial charge in [0.25, 0.3) is 10.1 Å². The maximum atomic E-state index is 11.0. The van der Waals surface area contributed by atoms with Gasteiger partial charge in [-0.25, -0.2) is 0 Å². The first kappa shape index (κ1) is 15.6.